The number of halogens is 2. The fourth-order valence-corrected chi connectivity index (χ4v) is 4.32. The minimum absolute atomic E-state index is 0.105. The van der Waals surface area contributed by atoms with Gasteiger partial charge in [0.25, 0.3) is 11.5 Å². The van der Waals surface area contributed by atoms with Gasteiger partial charge in [0.05, 0.1) is 42.0 Å². The number of hydrogen-bond donors (Lipinski definition) is 2. The first-order chi connectivity index (χ1) is 17.3. The van der Waals surface area contributed by atoms with Crippen molar-refractivity contribution in [2.75, 3.05) is 19.5 Å². The molecular weight excluding hydrogens is 470 g/mol. The standard InChI is InChI=1S/C25H22F2N6O3/c1-36-7-6-22-29-21-12-33(11-18(21)23(28)30-22)25(35)17-8-13(2-5-19(17)27)9-20-15-4-3-14(26)10-16(15)24(34)32-31-20/h2-5,8,10H,6-7,9,11-12H2,1H3,(H,32,34)(H2,28,29,30). The van der Waals surface area contributed by atoms with Gasteiger partial charge in [0.2, 0.25) is 0 Å². The number of rotatable bonds is 6. The molecule has 3 N–H and O–H groups in total. The van der Waals surface area contributed by atoms with Crippen LogP contribution in [0.1, 0.15) is 38.7 Å². The van der Waals surface area contributed by atoms with E-state index < -0.39 is 23.1 Å². The molecule has 0 fully saturated rings. The highest BCUT2D eigenvalue weighted by Gasteiger charge is 2.30. The highest BCUT2D eigenvalue weighted by molar-refractivity contribution is 5.95. The molecule has 0 spiro atoms. The van der Waals surface area contributed by atoms with Gasteiger partial charge in [-0.3, -0.25) is 9.59 Å². The minimum Gasteiger partial charge on any atom is -0.384 e. The van der Waals surface area contributed by atoms with Gasteiger partial charge in [0.15, 0.2) is 0 Å². The van der Waals surface area contributed by atoms with Gasteiger partial charge < -0.3 is 15.4 Å². The summed E-state index contributed by atoms with van der Waals surface area (Å²) in [6.07, 6.45) is 0.680. The van der Waals surface area contributed by atoms with Crippen LogP contribution in [0.15, 0.2) is 41.2 Å². The maximum atomic E-state index is 14.8. The number of aromatic nitrogens is 4. The van der Waals surface area contributed by atoms with Crippen LogP contribution in [-0.2, 0) is 30.7 Å². The molecule has 1 aliphatic rings. The molecule has 9 nitrogen and oxygen atoms in total. The molecule has 11 heteroatoms. The lowest BCUT2D eigenvalue weighted by molar-refractivity contribution is 0.0745. The second kappa shape index (κ2) is 9.42. The molecule has 0 unspecified atom stereocenters. The summed E-state index contributed by atoms with van der Waals surface area (Å²) in [4.78, 5) is 35.6. The van der Waals surface area contributed by atoms with E-state index >= 15 is 0 Å². The maximum Gasteiger partial charge on any atom is 0.272 e. The molecule has 4 aromatic rings. The van der Waals surface area contributed by atoms with Gasteiger partial charge in [0, 0.05) is 30.9 Å². The second-order valence-corrected chi connectivity index (χ2v) is 8.53. The van der Waals surface area contributed by atoms with Gasteiger partial charge >= 0.3 is 0 Å². The smallest absolute Gasteiger partial charge is 0.272 e. The number of carbonyl (C=O) groups excluding carboxylic acids is 1. The zero-order valence-corrected chi connectivity index (χ0v) is 19.3. The third kappa shape index (κ3) is 4.40. The Morgan fingerprint density at radius 2 is 1.97 bits per heavy atom. The Morgan fingerprint density at radius 3 is 2.78 bits per heavy atom. The topological polar surface area (TPSA) is 127 Å². The molecule has 2 aromatic carbocycles. The lowest BCUT2D eigenvalue weighted by atomic mass is 10.0. The van der Waals surface area contributed by atoms with Crippen molar-refractivity contribution in [1.29, 1.82) is 0 Å². The van der Waals surface area contributed by atoms with Crippen LogP contribution in [0.3, 0.4) is 0 Å². The average Bonchev–Trinajstić information content (AvgIpc) is 3.30. The second-order valence-electron chi connectivity index (χ2n) is 8.53. The number of H-pyrrole nitrogens is 1. The first kappa shape index (κ1) is 23.5. The molecule has 2 aromatic heterocycles. The van der Waals surface area contributed by atoms with E-state index in [2.05, 4.69) is 20.2 Å². The van der Waals surface area contributed by atoms with Crippen molar-refractivity contribution in [3.8, 4) is 0 Å². The van der Waals surface area contributed by atoms with Crippen molar-refractivity contribution in [1.82, 2.24) is 25.1 Å². The number of nitrogens with two attached hydrogens (primary N) is 1. The molecule has 0 atom stereocenters. The number of carbonyl (C=O) groups is 1. The molecule has 3 heterocycles. The van der Waals surface area contributed by atoms with E-state index in [0.29, 0.717) is 52.6 Å². The van der Waals surface area contributed by atoms with Crippen molar-refractivity contribution in [3.05, 3.63) is 92.3 Å². The van der Waals surface area contributed by atoms with Crippen LogP contribution in [-0.4, -0.2) is 44.7 Å². The number of methoxy groups -OCH3 is 1. The van der Waals surface area contributed by atoms with Crippen LogP contribution >= 0.6 is 0 Å². The number of amides is 1. The maximum absolute atomic E-state index is 14.8. The first-order valence-electron chi connectivity index (χ1n) is 11.2. The SMILES string of the molecule is COCCc1nc(N)c2c(n1)CN(C(=O)c1cc(Cc3n[nH]c(=O)c4cc(F)ccc34)ccc1F)C2. The van der Waals surface area contributed by atoms with Crippen LogP contribution in [0.25, 0.3) is 10.8 Å². The summed E-state index contributed by atoms with van der Waals surface area (Å²) >= 11 is 0. The van der Waals surface area contributed by atoms with Crippen LogP contribution in [0.5, 0.6) is 0 Å². The number of hydrogen-bond acceptors (Lipinski definition) is 7. The summed E-state index contributed by atoms with van der Waals surface area (Å²) in [6.45, 7) is 0.793. The number of nitrogen functional groups attached to an aromatic ring is 1. The van der Waals surface area contributed by atoms with Crippen molar-refractivity contribution >= 4 is 22.5 Å². The molecule has 1 amide bonds. The predicted octanol–water partition coefficient (Wildman–Crippen LogP) is 2.51. The third-order valence-corrected chi connectivity index (χ3v) is 6.14. The predicted molar refractivity (Wildman–Crippen MR) is 127 cm³/mol. The molecular formula is C25H22F2N6O3. The van der Waals surface area contributed by atoms with E-state index in [1.165, 1.54) is 29.2 Å². The Bertz CT molecular complexity index is 1560. The average molecular weight is 492 g/mol. The lowest BCUT2D eigenvalue weighted by Crippen LogP contribution is -2.26. The summed E-state index contributed by atoms with van der Waals surface area (Å²) < 4.78 is 33.4. The summed E-state index contributed by atoms with van der Waals surface area (Å²) in [7, 11) is 1.58. The zero-order chi connectivity index (χ0) is 25.4. The number of nitrogens with zero attached hydrogens (tertiary/aromatic N) is 4. The molecule has 0 bridgehead atoms. The van der Waals surface area contributed by atoms with Crippen molar-refractivity contribution in [3.63, 3.8) is 0 Å². The quantitative estimate of drug-likeness (QED) is 0.423. The Kier molecular flexibility index (Phi) is 6.15. The number of nitrogens with one attached hydrogen (secondary N) is 1. The molecule has 36 heavy (non-hydrogen) atoms. The van der Waals surface area contributed by atoms with E-state index in [4.69, 9.17) is 10.5 Å². The van der Waals surface area contributed by atoms with E-state index in [9.17, 15) is 18.4 Å². The van der Waals surface area contributed by atoms with Gasteiger partial charge in [-0.25, -0.2) is 23.8 Å². The van der Waals surface area contributed by atoms with Gasteiger partial charge in [-0.05, 0) is 35.9 Å². The van der Waals surface area contributed by atoms with Gasteiger partial charge in [0.1, 0.15) is 23.3 Å². The van der Waals surface area contributed by atoms with E-state index in [1.807, 2.05) is 0 Å². The molecule has 0 saturated heterocycles. The van der Waals surface area contributed by atoms with E-state index in [1.54, 1.807) is 13.2 Å². The third-order valence-electron chi connectivity index (χ3n) is 6.14. The largest absolute Gasteiger partial charge is 0.384 e. The number of ether oxygens (including phenoxy) is 1. The van der Waals surface area contributed by atoms with Crippen molar-refractivity contribution in [2.24, 2.45) is 0 Å². The molecule has 1 aliphatic heterocycles. The van der Waals surface area contributed by atoms with E-state index in [-0.39, 0.29) is 30.5 Å². The van der Waals surface area contributed by atoms with Gasteiger partial charge in [-0.15, -0.1) is 0 Å². The Balaban J connectivity index is 1.41. The van der Waals surface area contributed by atoms with Crippen LogP contribution in [0.4, 0.5) is 14.6 Å². The molecule has 5 rings (SSSR count). The first-order valence-corrected chi connectivity index (χ1v) is 11.2. The molecule has 184 valence electrons. The molecule has 0 saturated carbocycles. The minimum atomic E-state index is -0.666. The zero-order valence-electron chi connectivity index (χ0n) is 19.3. The highest BCUT2D eigenvalue weighted by atomic mass is 19.1. The normalized spacial score (nSPS) is 12.8. The molecule has 0 aliphatic carbocycles. The van der Waals surface area contributed by atoms with Gasteiger partial charge in [-0.1, -0.05) is 6.07 Å². The van der Waals surface area contributed by atoms with Crippen molar-refractivity contribution in [2.45, 2.75) is 25.9 Å². The van der Waals surface area contributed by atoms with Crippen LogP contribution in [0.2, 0.25) is 0 Å². The number of benzene rings is 2. The summed E-state index contributed by atoms with van der Waals surface area (Å²) in [5.41, 5.74) is 7.83. The van der Waals surface area contributed by atoms with Crippen molar-refractivity contribution < 1.29 is 18.3 Å². The van der Waals surface area contributed by atoms with Gasteiger partial charge in [-0.2, -0.15) is 5.10 Å². The van der Waals surface area contributed by atoms with Crippen LogP contribution < -0.4 is 11.3 Å². The Hall–Kier alpha value is -4.25. The van der Waals surface area contributed by atoms with E-state index in [0.717, 1.165) is 6.07 Å². The molecule has 0 radical (unpaired) electrons. The fraction of sp³-hybridized carbons (Fsp3) is 0.240. The Labute approximate surface area is 203 Å². The monoisotopic (exact) mass is 492 g/mol. The Morgan fingerprint density at radius 1 is 1.14 bits per heavy atom. The number of anilines is 1. The summed E-state index contributed by atoms with van der Waals surface area (Å²) in [5.74, 6) is -0.894. The highest BCUT2D eigenvalue weighted by Crippen LogP contribution is 2.28. The van der Waals surface area contributed by atoms with Crippen LogP contribution in [0, 0.1) is 11.6 Å². The fourth-order valence-electron chi connectivity index (χ4n) is 4.32. The lowest BCUT2D eigenvalue weighted by Gasteiger charge is -2.16. The summed E-state index contributed by atoms with van der Waals surface area (Å²) in [5, 5.41) is 7.09. The summed E-state index contributed by atoms with van der Waals surface area (Å²) in [6, 6.07) is 8.08. The number of fused-ring (bicyclic) bond motifs is 2. The number of aromatic amines is 1.